The van der Waals surface area contributed by atoms with Gasteiger partial charge in [0.2, 0.25) is 5.95 Å². The van der Waals surface area contributed by atoms with Crippen molar-refractivity contribution >= 4 is 200 Å². The Morgan fingerprint density at radius 2 is 0.586 bits per heavy atom. The highest BCUT2D eigenvalue weighted by molar-refractivity contribution is 9.11. The van der Waals surface area contributed by atoms with E-state index >= 15 is 0 Å². The zero-order valence-corrected chi connectivity index (χ0v) is 75.8. The van der Waals surface area contributed by atoms with E-state index in [4.69, 9.17) is 19.9 Å². The highest BCUT2D eigenvalue weighted by Gasteiger charge is 2.22. The number of nitrogens with zero attached hydrogens (tertiary/aromatic N) is 15. The molecular weight excluding hydrogens is 1910 g/mol. The van der Waals surface area contributed by atoms with Gasteiger partial charge in [-0.05, 0) is 217 Å². The highest BCUT2D eigenvalue weighted by atomic mass is 79.9. The first-order valence-electron chi connectivity index (χ1n) is 41.2. The first-order valence-corrected chi connectivity index (χ1v) is 45.2. The number of hydrogen-bond acceptors (Lipinski definition) is 10. The molecule has 0 atom stereocenters. The largest absolute Gasteiger partial charge is 0.308 e. The van der Waals surface area contributed by atoms with Gasteiger partial charge in [-0.15, -0.1) is 0 Å². The SMILES string of the molecule is Brc1ccc2c3cccnc3n(-c3ccc(-c4cc(-c5ccccn5)nc(-c5ccccn5)c4)cc3)c2c1.Brc1ccc2c3cccnc3n(-c3nc(-c4ccccc4)c4ccccc4n3)c2c1.Brc1ccc2c3ccncc3n(-c3ccccc3)c2c1.Brc1ccc2c3ccncc3n(-c3ccccc3)c2c1.Brc1ccc2c3ncccc3n(-c3ccccc3)c2c1. The third kappa shape index (κ3) is 15.7. The fourth-order valence-corrected chi connectivity index (χ4v) is 18.7. The maximum Gasteiger partial charge on any atom is 0.237 e. The van der Waals surface area contributed by atoms with E-state index in [0.29, 0.717) is 5.95 Å². The summed E-state index contributed by atoms with van der Waals surface area (Å²) in [6.07, 6.45) is 16.6. The number of hydrogen-bond donors (Lipinski definition) is 0. The molecule has 0 N–H and O–H groups in total. The summed E-state index contributed by atoms with van der Waals surface area (Å²) in [7, 11) is 0. The van der Waals surface area contributed by atoms with E-state index in [0.717, 1.165) is 162 Å². The van der Waals surface area contributed by atoms with Crippen LogP contribution in [0.2, 0.25) is 0 Å². The summed E-state index contributed by atoms with van der Waals surface area (Å²) < 4.78 is 16.3. The minimum Gasteiger partial charge on any atom is -0.308 e. The summed E-state index contributed by atoms with van der Waals surface area (Å²) in [5, 5.41) is 11.7. The van der Waals surface area contributed by atoms with E-state index in [1.807, 2.05) is 157 Å². The molecule has 128 heavy (non-hydrogen) atoms. The maximum atomic E-state index is 5.04. The van der Waals surface area contributed by atoms with Crippen LogP contribution in [-0.2, 0) is 0 Å². The van der Waals surface area contributed by atoms with Crippen molar-refractivity contribution in [3.05, 3.63) is 436 Å². The number of fused-ring (bicyclic) bond motifs is 16. The number of aromatic nitrogens is 15. The fourth-order valence-electron chi connectivity index (χ4n) is 16.9. The Hall–Kier alpha value is -14.6. The summed E-state index contributed by atoms with van der Waals surface area (Å²) in [4.78, 5) is 46.4. The Morgan fingerprint density at radius 1 is 0.203 bits per heavy atom. The third-order valence-electron chi connectivity index (χ3n) is 22.5. The van der Waals surface area contributed by atoms with Crippen LogP contribution in [0.5, 0.6) is 0 Å². The number of benzene rings is 11. The van der Waals surface area contributed by atoms with Crippen LogP contribution in [0.1, 0.15) is 0 Å². The molecule has 0 spiro atoms. The molecule has 25 aromatic rings. The maximum absolute atomic E-state index is 5.04. The Labute approximate surface area is 775 Å². The van der Waals surface area contributed by atoms with Crippen LogP contribution in [0.3, 0.4) is 0 Å². The topological polar surface area (TPSA) is 154 Å². The number of para-hydroxylation sites is 4. The molecule has 0 aliphatic carbocycles. The minimum atomic E-state index is 0.615. The van der Waals surface area contributed by atoms with Gasteiger partial charge in [0, 0.05) is 148 Å². The van der Waals surface area contributed by atoms with E-state index in [9.17, 15) is 0 Å². The molecule has 0 saturated carbocycles. The predicted octanol–water partition coefficient (Wildman–Crippen LogP) is 29.5. The molecule has 0 aliphatic heterocycles. The van der Waals surface area contributed by atoms with Crippen LogP contribution in [0.25, 0.3) is 194 Å². The van der Waals surface area contributed by atoms with Crippen LogP contribution < -0.4 is 0 Å². The van der Waals surface area contributed by atoms with Crippen LogP contribution in [0.4, 0.5) is 0 Å². The molecule has 0 saturated heterocycles. The van der Waals surface area contributed by atoms with Gasteiger partial charge in [-0.25, -0.2) is 24.9 Å². The molecule has 15 nitrogen and oxygen atoms in total. The molecule has 0 unspecified atom stereocenters. The summed E-state index contributed by atoms with van der Waals surface area (Å²) in [6.45, 7) is 0. The van der Waals surface area contributed by atoms with E-state index in [1.54, 1.807) is 12.4 Å². The van der Waals surface area contributed by atoms with Crippen LogP contribution >= 0.6 is 79.6 Å². The molecule has 14 aromatic heterocycles. The molecular formula is C108H68Br5N15. The lowest BCUT2D eigenvalue weighted by atomic mass is 10.0. The van der Waals surface area contributed by atoms with E-state index in [1.165, 1.54) is 48.9 Å². The smallest absolute Gasteiger partial charge is 0.237 e. The fraction of sp³-hybridized carbons (Fsp3) is 0. The molecule has 0 aliphatic rings. The number of pyridine rings is 8. The van der Waals surface area contributed by atoms with E-state index < -0.39 is 0 Å². The summed E-state index contributed by atoms with van der Waals surface area (Å²) in [5.41, 5.74) is 24.7. The van der Waals surface area contributed by atoms with E-state index in [-0.39, 0.29) is 0 Å². The monoisotopic (exact) mass is 1970 g/mol. The van der Waals surface area contributed by atoms with Gasteiger partial charge in [0.1, 0.15) is 11.3 Å². The Morgan fingerprint density at radius 3 is 1.09 bits per heavy atom. The van der Waals surface area contributed by atoms with Crippen molar-refractivity contribution < 1.29 is 0 Å². The molecule has 610 valence electrons. The van der Waals surface area contributed by atoms with Crippen molar-refractivity contribution in [3.63, 3.8) is 0 Å². The van der Waals surface area contributed by atoms with Crippen molar-refractivity contribution in [3.8, 4) is 73.9 Å². The summed E-state index contributed by atoms with van der Waals surface area (Å²) in [6, 6.07) is 122. The van der Waals surface area contributed by atoms with Crippen molar-refractivity contribution in [1.82, 2.24) is 72.7 Å². The minimum absolute atomic E-state index is 0.615. The predicted molar refractivity (Wildman–Crippen MR) is 540 cm³/mol. The number of rotatable bonds is 9. The lowest BCUT2D eigenvalue weighted by Crippen LogP contribution is -2.04. The third-order valence-corrected chi connectivity index (χ3v) is 25.0. The van der Waals surface area contributed by atoms with Crippen molar-refractivity contribution in [1.29, 1.82) is 0 Å². The average Bonchev–Trinajstić information content (AvgIpc) is 1.56. The molecule has 0 radical (unpaired) electrons. The highest BCUT2D eigenvalue weighted by Crippen LogP contribution is 2.41. The molecule has 20 heteroatoms. The lowest BCUT2D eigenvalue weighted by Gasteiger charge is -2.11. The van der Waals surface area contributed by atoms with Gasteiger partial charge >= 0.3 is 0 Å². The van der Waals surface area contributed by atoms with Crippen LogP contribution in [0.15, 0.2) is 436 Å². The first kappa shape index (κ1) is 80.5. The second-order valence-electron chi connectivity index (χ2n) is 30.3. The van der Waals surface area contributed by atoms with Gasteiger partial charge < -0.3 is 13.7 Å². The Bertz CT molecular complexity index is 8020. The quantitative estimate of drug-likeness (QED) is 0.136. The Kier molecular flexibility index (Phi) is 22.3. The van der Waals surface area contributed by atoms with Gasteiger partial charge in [-0.2, -0.15) is 0 Å². The van der Waals surface area contributed by atoms with Crippen LogP contribution in [0, 0.1) is 0 Å². The normalized spacial score (nSPS) is 11.3. The molecule has 0 amide bonds. The van der Waals surface area contributed by atoms with Gasteiger partial charge in [-0.1, -0.05) is 231 Å². The zero-order chi connectivity index (χ0) is 86.1. The summed E-state index contributed by atoms with van der Waals surface area (Å²) >= 11 is 18.0. The van der Waals surface area contributed by atoms with Gasteiger partial charge in [0.05, 0.1) is 96.0 Å². The molecule has 0 bridgehead atoms. The lowest BCUT2D eigenvalue weighted by molar-refractivity contribution is 0.997. The standard InChI is InChI=1S/C32H20BrN5.C25H15BrN4.3C17H11BrN2/c33-23-11-14-25-26-6-5-17-36-32(26)38(31(25)20-23)24-12-9-21(10-13-24)22-18-29(27-7-1-3-15-34-27)37-30(19-22)28-8-2-4-16-35-28;26-17-12-13-18-19-10-6-14-27-24(19)30(22(18)15-17)25-28-21-11-5-4-9-20(21)23(29-25)16-7-2-1-3-8-16;18-12-8-9-14-16(11-12)20(13-5-2-1-3-6-13)15-7-4-10-19-17(14)15;2*18-12-6-7-14-15-8-9-19-11-17(15)20(16(14)10-12)13-4-2-1-3-5-13/h1-20H;1-15H;3*1-11H. The van der Waals surface area contributed by atoms with Crippen LogP contribution in [-0.4, -0.2) is 72.7 Å². The second kappa shape index (κ2) is 35.4. The summed E-state index contributed by atoms with van der Waals surface area (Å²) in [5.74, 6) is 0.615. The van der Waals surface area contributed by atoms with Crippen molar-refractivity contribution in [2.24, 2.45) is 0 Å². The second-order valence-corrected chi connectivity index (χ2v) is 34.8. The molecule has 14 heterocycles. The zero-order valence-electron chi connectivity index (χ0n) is 67.9. The van der Waals surface area contributed by atoms with Gasteiger partial charge in [0.25, 0.3) is 0 Å². The van der Waals surface area contributed by atoms with Crippen molar-refractivity contribution in [2.45, 2.75) is 0 Å². The van der Waals surface area contributed by atoms with Crippen molar-refractivity contribution in [2.75, 3.05) is 0 Å². The number of halogens is 5. The molecule has 25 rings (SSSR count). The van der Waals surface area contributed by atoms with Gasteiger partial charge in [-0.3, -0.25) is 34.1 Å². The first-order chi connectivity index (χ1) is 63.1. The van der Waals surface area contributed by atoms with E-state index in [2.05, 4.69) is 377 Å². The molecule has 0 fully saturated rings. The molecule has 11 aromatic carbocycles. The van der Waals surface area contributed by atoms with Gasteiger partial charge in [0.15, 0.2) is 0 Å². The Balaban J connectivity index is 0.0000000999. The average molecular weight is 1980 g/mol.